The Bertz CT molecular complexity index is 628. The van der Waals surface area contributed by atoms with Gasteiger partial charge in [-0.3, -0.25) is 4.79 Å². The largest absolute Gasteiger partial charge is 0.460 e. The monoisotopic (exact) mass is 287 g/mol. The Kier molecular flexibility index (Phi) is 5.04. The fourth-order valence-corrected chi connectivity index (χ4v) is 1.70. The van der Waals surface area contributed by atoms with Gasteiger partial charge in [0.25, 0.3) is 5.91 Å². The van der Waals surface area contributed by atoms with Crippen molar-refractivity contribution in [2.24, 2.45) is 0 Å². The second-order valence-electron chi connectivity index (χ2n) is 4.24. The Morgan fingerprint density at radius 1 is 1.00 bits per heavy atom. The van der Waals surface area contributed by atoms with Crippen LogP contribution in [0.2, 0.25) is 0 Å². The molecular formula is C16H14FNO3. The lowest BCUT2D eigenvalue weighted by Gasteiger charge is -2.07. The maximum Gasteiger partial charge on any atom is 0.341 e. The zero-order chi connectivity index (χ0) is 15.1. The lowest BCUT2D eigenvalue weighted by atomic mass is 10.2. The lowest BCUT2D eigenvalue weighted by Crippen LogP contribution is -2.28. The molecule has 0 atom stereocenters. The van der Waals surface area contributed by atoms with Crippen LogP contribution in [0, 0.1) is 5.82 Å². The molecule has 0 aromatic heterocycles. The average molecular weight is 287 g/mol. The van der Waals surface area contributed by atoms with Gasteiger partial charge < -0.3 is 10.1 Å². The molecule has 0 aliphatic rings. The van der Waals surface area contributed by atoms with Crippen molar-refractivity contribution in [2.45, 2.75) is 0 Å². The number of carbonyl (C=O) groups excluding carboxylic acids is 2. The van der Waals surface area contributed by atoms with Gasteiger partial charge in [0.15, 0.2) is 0 Å². The van der Waals surface area contributed by atoms with Crippen molar-refractivity contribution in [1.29, 1.82) is 0 Å². The van der Waals surface area contributed by atoms with Crippen LogP contribution in [0.25, 0.3) is 0 Å². The zero-order valence-corrected chi connectivity index (χ0v) is 11.2. The summed E-state index contributed by atoms with van der Waals surface area (Å²) in [5, 5.41) is 2.61. The van der Waals surface area contributed by atoms with Gasteiger partial charge in [0.05, 0.1) is 12.1 Å². The summed E-state index contributed by atoms with van der Waals surface area (Å²) < 4.78 is 18.2. The van der Waals surface area contributed by atoms with Crippen LogP contribution < -0.4 is 5.32 Å². The summed E-state index contributed by atoms with van der Waals surface area (Å²) in [5.41, 5.74) is 0.407. The molecule has 0 aliphatic heterocycles. The SMILES string of the molecule is O=C(NCCOC(=O)c1ccccc1F)c1ccccc1. The number of benzene rings is 2. The van der Waals surface area contributed by atoms with E-state index in [0.29, 0.717) is 5.56 Å². The minimum Gasteiger partial charge on any atom is -0.460 e. The van der Waals surface area contributed by atoms with Crippen molar-refractivity contribution >= 4 is 11.9 Å². The first kappa shape index (κ1) is 14.7. The number of amides is 1. The van der Waals surface area contributed by atoms with Crippen LogP contribution in [0.4, 0.5) is 4.39 Å². The van der Waals surface area contributed by atoms with Gasteiger partial charge in [0.1, 0.15) is 12.4 Å². The molecule has 21 heavy (non-hydrogen) atoms. The quantitative estimate of drug-likeness (QED) is 0.678. The summed E-state index contributed by atoms with van der Waals surface area (Å²) in [6.07, 6.45) is 0. The van der Waals surface area contributed by atoms with Crippen LogP contribution in [-0.2, 0) is 4.74 Å². The van der Waals surface area contributed by atoms with Crippen molar-refractivity contribution in [3.8, 4) is 0 Å². The van der Waals surface area contributed by atoms with Gasteiger partial charge in [-0.05, 0) is 24.3 Å². The highest BCUT2D eigenvalue weighted by Gasteiger charge is 2.12. The molecule has 0 saturated heterocycles. The van der Waals surface area contributed by atoms with E-state index in [1.54, 1.807) is 30.3 Å². The maximum absolute atomic E-state index is 13.3. The van der Waals surface area contributed by atoms with Gasteiger partial charge in [-0.2, -0.15) is 0 Å². The van der Waals surface area contributed by atoms with Crippen LogP contribution in [0.3, 0.4) is 0 Å². The van der Waals surface area contributed by atoms with E-state index < -0.39 is 11.8 Å². The summed E-state index contributed by atoms with van der Waals surface area (Å²) in [6, 6.07) is 14.3. The van der Waals surface area contributed by atoms with Gasteiger partial charge in [-0.1, -0.05) is 30.3 Å². The number of rotatable bonds is 5. The molecule has 5 heteroatoms. The second kappa shape index (κ2) is 7.19. The fraction of sp³-hybridized carbons (Fsp3) is 0.125. The highest BCUT2D eigenvalue weighted by Crippen LogP contribution is 2.07. The summed E-state index contributed by atoms with van der Waals surface area (Å²) in [7, 11) is 0. The number of ether oxygens (including phenoxy) is 1. The summed E-state index contributed by atoms with van der Waals surface area (Å²) in [5.74, 6) is -1.63. The molecule has 0 saturated carbocycles. The van der Waals surface area contributed by atoms with Crippen molar-refractivity contribution in [3.05, 3.63) is 71.5 Å². The van der Waals surface area contributed by atoms with Gasteiger partial charge in [-0.15, -0.1) is 0 Å². The van der Waals surface area contributed by atoms with E-state index in [9.17, 15) is 14.0 Å². The number of nitrogens with one attached hydrogen (secondary N) is 1. The molecule has 108 valence electrons. The highest BCUT2D eigenvalue weighted by atomic mass is 19.1. The number of halogens is 1. The molecule has 0 unspecified atom stereocenters. The standard InChI is InChI=1S/C16H14FNO3/c17-14-9-5-4-8-13(14)16(20)21-11-10-18-15(19)12-6-2-1-3-7-12/h1-9H,10-11H2,(H,18,19). The van der Waals surface area contributed by atoms with Crippen molar-refractivity contribution in [3.63, 3.8) is 0 Å². The highest BCUT2D eigenvalue weighted by molar-refractivity contribution is 5.94. The Morgan fingerprint density at radius 3 is 2.38 bits per heavy atom. The Labute approximate surface area is 121 Å². The second-order valence-corrected chi connectivity index (χ2v) is 4.24. The summed E-state index contributed by atoms with van der Waals surface area (Å²) in [6.45, 7) is 0.139. The molecule has 2 rings (SSSR count). The molecule has 2 aromatic carbocycles. The third-order valence-corrected chi connectivity index (χ3v) is 2.75. The van der Waals surface area contributed by atoms with E-state index in [-0.39, 0.29) is 24.6 Å². The normalized spacial score (nSPS) is 9.95. The van der Waals surface area contributed by atoms with Crippen molar-refractivity contribution in [1.82, 2.24) is 5.32 Å². The van der Waals surface area contributed by atoms with Crippen LogP contribution in [0.15, 0.2) is 54.6 Å². The molecule has 0 radical (unpaired) electrons. The van der Waals surface area contributed by atoms with E-state index in [1.165, 1.54) is 18.2 Å². The topological polar surface area (TPSA) is 55.4 Å². The molecule has 4 nitrogen and oxygen atoms in total. The summed E-state index contributed by atoms with van der Waals surface area (Å²) >= 11 is 0. The third-order valence-electron chi connectivity index (χ3n) is 2.75. The van der Waals surface area contributed by atoms with E-state index in [0.717, 1.165) is 0 Å². The summed E-state index contributed by atoms with van der Waals surface area (Å²) in [4.78, 5) is 23.3. The van der Waals surface area contributed by atoms with Crippen LogP contribution in [0.1, 0.15) is 20.7 Å². The van der Waals surface area contributed by atoms with E-state index in [1.807, 2.05) is 6.07 Å². The Hall–Kier alpha value is -2.69. The predicted octanol–water partition coefficient (Wildman–Crippen LogP) is 2.41. The number of esters is 1. The first-order chi connectivity index (χ1) is 10.2. The molecule has 0 aliphatic carbocycles. The Morgan fingerprint density at radius 2 is 1.67 bits per heavy atom. The van der Waals surface area contributed by atoms with Gasteiger partial charge in [0, 0.05) is 5.56 Å². The van der Waals surface area contributed by atoms with Crippen LogP contribution >= 0.6 is 0 Å². The van der Waals surface area contributed by atoms with E-state index in [2.05, 4.69) is 5.32 Å². The first-order valence-electron chi connectivity index (χ1n) is 6.43. The van der Waals surface area contributed by atoms with Crippen LogP contribution in [0.5, 0.6) is 0 Å². The number of hydrogen-bond acceptors (Lipinski definition) is 3. The molecule has 1 amide bonds. The first-order valence-corrected chi connectivity index (χ1v) is 6.43. The maximum atomic E-state index is 13.3. The molecule has 0 spiro atoms. The van der Waals surface area contributed by atoms with Crippen LogP contribution in [-0.4, -0.2) is 25.0 Å². The van der Waals surface area contributed by atoms with Crippen molar-refractivity contribution < 1.29 is 18.7 Å². The molecule has 1 N–H and O–H groups in total. The number of carbonyl (C=O) groups is 2. The molecular weight excluding hydrogens is 273 g/mol. The molecule has 0 fully saturated rings. The Balaban J connectivity index is 1.76. The zero-order valence-electron chi connectivity index (χ0n) is 11.2. The predicted molar refractivity (Wildman–Crippen MR) is 75.5 cm³/mol. The minimum atomic E-state index is -0.748. The third kappa shape index (κ3) is 4.14. The molecule has 0 heterocycles. The van der Waals surface area contributed by atoms with Gasteiger partial charge >= 0.3 is 5.97 Å². The number of hydrogen-bond donors (Lipinski definition) is 1. The smallest absolute Gasteiger partial charge is 0.341 e. The average Bonchev–Trinajstić information content (AvgIpc) is 2.52. The molecule has 0 bridgehead atoms. The molecule has 2 aromatic rings. The minimum absolute atomic E-state index is 0.0221. The lowest BCUT2D eigenvalue weighted by molar-refractivity contribution is 0.0498. The van der Waals surface area contributed by atoms with Crippen molar-refractivity contribution in [2.75, 3.05) is 13.2 Å². The van der Waals surface area contributed by atoms with E-state index >= 15 is 0 Å². The van der Waals surface area contributed by atoms with Gasteiger partial charge in [-0.25, -0.2) is 9.18 Å². The van der Waals surface area contributed by atoms with Gasteiger partial charge in [0.2, 0.25) is 0 Å². The fourth-order valence-electron chi connectivity index (χ4n) is 1.70. The van der Waals surface area contributed by atoms with E-state index in [4.69, 9.17) is 4.74 Å².